The molecule has 1 aliphatic heterocycles. The lowest BCUT2D eigenvalue weighted by atomic mass is 9.83. The van der Waals surface area contributed by atoms with Crippen molar-refractivity contribution >= 4 is 17.3 Å². The number of nitro groups is 1. The summed E-state index contributed by atoms with van der Waals surface area (Å²) >= 11 is 0. The Kier molecular flexibility index (Phi) is 2.18. The molecule has 0 aromatic heterocycles. The summed E-state index contributed by atoms with van der Waals surface area (Å²) < 4.78 is 0. The van der Waals surface area contributed by atoms with E-state index in [0.717, 1.165) is 5.69 Å². The quantitative estimate of drug-likeness (QED) is 0.435. The Morgan fingerprint density at radius 1 is 1.31 bits per heavy atom. The van der Waals surface area contributed by atoms with Gasteiger partial charge in [0.15, 0.2) is 0 Å². The van der Waals surface area contributed by atoms with E-state index in [-0.39, 0.29) is 17.0 Å². The van der Waals surface area contributed by atoms with Crippen LogP contribution in [-0.4, -0.2) is 17.4 Å². The molecule has 2 rings (SSSR count). The molecule has 16 heavy (non-hydrogen) atoms. The van der Waals surface area contributed by atoms with Crippen molar-refractivity contribution in [1.29, 1.82) is 0 Å². The summed E-state index contributed by atoms with van der Waals surface area (Å²) in [7, 11) is 0. The van der Waals surface area contributed by atoms with Crippen LogP contribution in [0.5, 0.6) is 0 Å². The fourth-order valence-electron chi connectivity index (χ4n) is 1.77. The molecule has 0 spiro atoms. The Morgan fingerprint density at radius 3 is 2.25 bits per heavy atom. The molecule has 0 radical (unpaired) electrons. The molecule has 1 aromatic carbocycles. The van der Waals surface area contributed by atoms with Gasteiger partial charge in [-0.2, -0.15) is 0 Å². The lowest BCUT2D eigenvalue weighted by Crippen LogP contribution is -2.58. The van der Waals surface area contributed by atoms with Gasteiger partial charge in [0.25, 0.3) is 5.69 Å². The first-order valence-corrected chi connectivity index (χ1v) is 4.98. The van der Waals surface area contributed by atoms with Crippen LogP contribution in [-0.2, 0) is 4.79 Å². The molecule has 1 fully saturated rings. The summed E-state index contributed by atoms with van der Waals surface area (Å²) in [6.07, 6.45) is 0. The monoisotopic (exact) mass is 220 g/mol. The second-order valence-corrected chi connectivity index (χ2v) is 4.55. The van der Waals surface area contributed by atoms with Crippen LogP contribution >= 0.6 is 0 Å². The van der Waals surface area contributed by atoms with Gasteiger partial charge in [-0.1, -0.05) is 0 Å². The number of amides is 1. The second-order valence-electron chi connectivity index (χ2n) is 4.55. The summed E-state index contributed by atoms with van der Waals surface area (Å²) in [5, 5.41) is 10.5. The zero-order chi connectivity index (χ0) is 11.9. The maximum absolute atomic E-state index is 11.7. The number of anilines is 1. The largest absolute Gasteiger partial charge is 0.311 e. The van der Waals surface area contributed by atoms with Gasteiger partial charge in [0.2, 0.25) is 5.91 Å². The van der Waals surface area contributed by atoms with Crippen LogP contribution in [0.25, 0.3) is 0 Å². The molecule has 0 unspecified atom stereocenters. The highest BCUT2D eigenvalue weighted by atomic mass is 16.6. The van der Waals surface area contributed by atoms with E-state index in [2.05, 4.69) is 0 Å². The number of carbonyl (C=O) groups is 1. The first kappa shape index (κ1) is 10.6. The lowest BCUT2D eigenvalue weighted by Gasteiger charge is -2.44. The predicted molar refractivity (Wildman–Crippen MR) is 59.2 cm³/mol. The average Bonchev–Trinajstić information content (AvgIpc) is 2.26. The number of β-lactam (4-membered cyclic amide) rings is 1. The van der Waals surface area contributed by atoms with Gasteiger partial charge < -0.3 is 4.90 Å². The van der Waals surface area contributed by atoms with Crippen LogP contribution in [0.15, 0.2) is 24.3 Å². The van der Waals surface area contributed by atoms with E-state index < -0.39 is 4.92 Å². The van der Waals surface area contributed by atoms with Crippen molar-refractivity contribution in [2.75, 3.05) is 11.4 Å². The molecule has 0 aliphatic carbocycles. The Labute approximate surface area is 92.8 Å². The highest BCUT2D eigenvalue weighted by molar-refractivity contribution is 6.03. The molecule has 0 saturated carbocycles. The molecule has 1 aliphatic rings. The normalized spacial score (nSPS) is 18.1. The first-order valence-electron chi connectivity index (χ1n) is 4.98. The summed E-state index contributed by atoms with van der Waals surface area (Å²) in [6.45, 7) is 4.43. The van der Waals surface area contributed by atoms with Crippen molar-refractivity contribution in [1.82, 2.24) is 0 Å². The van der Waals surface area contributed by atoms with Gasteiger partial charge in [0.1, 0.15) is 0 Å². The summed E-state index contributed by atoms with van der Waals surface area (Å²) in [5.41, 5.74) is 0.452. The third kappa shape index (κ3) is 1.54. The summed E-state index contributed by atoms with van der Waals surface area (Å²) in [4.78, 5) is 23.3. The van der Waals surface area contributed by atoms with E-state index >= 15 is 0 Å². The van der Waals surface area contributed by atoms with Gasteiger partial charge in [-0.25, -0.2) is 0 Å². The number of non-ortho nitro benzene ring substituents is 1. The van der Waals surface area contributed by atoms with Crippen LogP contribution in [0.1, 0.15) is 13.8 Å². The molecule has 0 atom stereocenters. The first-order chi connectivity index (χ1) is 7.42. The Bertz CT molecular complexity index is 451. The summed E-state index contributed by atoms with van der Waals surface area (Å²) in [5.74, 6) is 0.0568. The molecule has 1 aromatic rings. The van der Waals surface area contributed by atoms with E-state index in [4.69, 9.17) is 0 Å². The minimum absolute atomic E-state index is 0.0379. The van der Waals surface area contributed by atoms with Crippen molar-refractivity contribution in [2.45, 2.75) is 13.8 Å². The molecule has 84 valence electrons. The number of benzene rings is 1. The predicted octanol–water partition coefficient (Wildman–Crippen LogP) is 1.97. The minimum atomic E-state index is -0.453. The molecule has 0 bridgehead atoms. The average molecular weight is 220 g/mol. The molecule has 1 amide bonds. The Hall–Kier alpha value is -1.91. The third-order valence-electron chi connectivity index (χ3n) is 2.75. The van der Waals surface area contributed by atoms with Crippen LogP contribution in [0.2, 0.25) is 0 Å². The van der Waals surface area contributed by atoms with Crippen molar-refractivity contribution < 1.29 is 9.72 Å². The standard InChI is InChI=1S/C11H12N2O3/c1-11(2)7-12(10(11)14)8-3-5-9(6-4-8)13(15)16/h3-6H,7H2,1-2H3. The second kappa shape index (κ2) is 3.30. The van der Waals surface area contributed by atoms with Gasteiger partial charge in [0.05, 0.1) is 10.3 Å². The van der Waals surface area contributed by atoms with Gasteiger partial charge in [-0.3, -0.25) is 14.9 Å². The van der Waals surface area contributed by atoms with Crippen LogP contribution < -0.4 is 4.90 Å². The van der Waals surface area contributed by atoms with Gasteiger partial charge >= 0.3 is 0 Å². The van der Waals surface area contributed by atoms with Crippen molar-refractivity contribution in [3.8, 4) is 0 Å². The molecule has 5 heteroatoms. The number of nitrogens with zero attached hydrogens (tertiary/aromatic N) is 2. The van der Waals surface area contributed by atoms with Crippen molar-refractivity contribution in [3.63, 3.8) is 0 Å². The third-order valence-corrected chi connectivity index (χ3v) is 2.75. The number of hydrogen-bond acceptors (Lipinski definition) is 3. The van der Waals surface area contributed by atoms with Crippen molar-refractivity contribution in [3.05, 3.63) is 34.4 Å². The Morgan fingerprint density at radius 2 is 1.88 bits per heavy atom. The topological polar surface area (TPSA) is 63.4 Å². The minimum Gasteiger partial charge on any atom is -0.311 e. The van der Waals surface area contributed by atoms with E-state index in [1.54, 1.807) is 17.0 Å². The molecule has 1 heterocycles. The van der Waals surface area contributed by atoms with Crippen LogP contribution in [0.3, 0.4) is 0 Å². The molecular weight excluding hydrogens is 208 g/mol. The van der Waals surface area contributed by atoms with Crippen LogP contribution in [0, 0.1) is 15.5 Å². The number of carbonyl (C=O) groups excluding carboxylic acids is 1. The maximum atomic E-state index is 11.7. The molecule has 1 saturated heterocycles. The van der Waals surface area contributed by atoms with Gasteiger partial charge in [0, 0.05) is 24.4 Å². The highest BCUT2D eigenvalue weighted by Crippen LogP contribution is 2.35. The zero-order valence-electron chi connectivity index (χ0n) is 9.14. The number of hydrogen-bond donors (Lipinski definition) is 0. The fraction of sp³-hybridized carbons (Fsp3) is 0.364. The van der Waals surface area contributed by atoms with Crippen LogP contribution in [0.4, 0.5) is 11.4 Å². The highest BCUT2D eigenvalue weighted by Gasteiger charge is 2.44. The van der Waals surface area contributed by atoms with Crippen molar-refractivity contribution in [2.24, 2.45) is 5.41 Å². The van der Waals surface area contributed by atoms with E-state index in [0.29, 0.717) is 6.54 Å². The van der Waals surface area contributed by atoms with E-state index in [1.807, 2.05) is 13.8 Å². The maximum Gasteiger partial charge on any atom is 0.269 e. The smallest absolute Gasteiger partial charge is 0.269 e. The van der Waals surface area contributed by atoms with Gasteiger partial charge in [-0.05, 0) is 26.0 Å². The number of nitro benzene ring substituents is 1. The lowest BCUT2D eigenvalue weighted by molar-refractivity contribution is -0.384. The summed E-state index contributed by atoms with van der Waals surface area (Å²) in [6, 6.07) is 6.03. The van der Waals surface area contributed by atoms with E-state index in [1.165, 1.54) is 12.1 Å². The number of rotatable bonds is 2. The van der Waals surface area contributed by atoms with E-state index in [9.17, 15) is 14.9 Å². The molecule has 0 N–H and O–H groups in total. The fourth-order valence-corrected chi connectivity index (χ4v) is 1.77. The zero-order valence-corrected chi connectivity index (χ0v) is 9.14. The molecular formula is C11H12N2O3. The molecule has 5 nitrogen and oxygen atoms in total. The Balaban J connectivity index is 2.19. The SMILES string of the molecule is CC1(C)CN(c2ccc([N+](=O)[O-])cc2)C1=O. The van der Waals surface area contributed by atoms with Gasteiger partial charge in [-0.15, -0.1) is 0 Å².